The van der Waals surface area contributed by atoms with Crippen LogP contribution in [-0.2, 0) is 25.7 Å². The molecule has 2 unspecified atom stereocenters. The number of benzene rings is 2. The largest absolute Gasteiger partial charge is 0.468 e. The van der Waals surface area contributed by atoms with Gasteiger partial charge >= 0.3 is 6.09 Å². The molecule has 4 aromatic rings. The van der Waals surface area contributed by atoms with E-state index in [0.717, 1.165) is 47.4 Å². The quantitative estimate of drug-likeness (QED) is 0.194. The molecule has 0 aliphatic carbocycles. The highest BCUT2D eigenvalue weighted by atomic mass is 32.2. The number of hydrogen-bond donors (Lipinski definition) is 0. The van der Waals surface area contributed by atoms with Gasteiger partial charge in [0, 0.05) is 38.2 Å². The number of rotatable bonds is 7. The predicted molar refractivity (Wildman–Crippen MR) is 172 cm³/mol. The molecular formula is C33H39N5O6S. The predicted octanol–water partition coefficient (Wildman–Crippen LogP) is 5.38. The fraction of sp³-hybridized carbons (Fsp3) is 0.455. The van der Waals surface area contributed by atoms with Gasteiger partial charge in [-0.05, 0) is 74.6 Å². The first-order valence-corrected chi connectivity index (χ1v) is 17.1. The van der Waals surface area contributed by atoms with E-state index in [1.165, 1.54) is 0 Å². The standard InChI is InChI=1S/C33H39N5O6S/c1-7-20-9-8-10-21-13-24(43-19-42-5)14-25(29(20)21)27-15-28-26(16-34-27)30(36-31(35-28)45(6,40)41)37-17-22-11-12-23(18-37)38(22)32(39)44-33(2,3)4/h8-10,13-16,22-23H,7,11-12,17-19H2,1-6H3. The van der Waals surface area contributed by atoms with Crippen molar-refractivity contribution >= 4 is 43.4 Å². The molecule has 1 amide bonds. The molecule has 2 aliphatic rings. The first kappa shape index (κ1) is 31.0. The summed E-state index contributed by atoms with van der Waals surface area (Å²) < 4.78 is 42.3. The van der Waals surface area contributed by atoms with Crippen molar-refractivity contribution in [2.45, 2.75) is 69.8 Å². The number of carbonyl (C=O) groups is 1. The third kappa shape index (κ3) is 6.13. The lowest BCUT2D eigenvalue weighted by Gasteiger charge is -2.42. The number of sulfone groups is 1. The second-order valence-corrected chi connectivity index (χ2v) is 14.7. The summed E-state index contributed by atoms with van der Waals surface area (Å²) in [4.78, 5) is 30.9. The Morgan fingerprint density at radius 2 is 1.80 bits per heavy atom. The van der Waals surface area contributed by atoms with Gasteiger partial charge in [0.2, 0.25) is 15.0 Å². The first-order valence-electron chi connectivity index (χ1n) is 15.2. The van der Waals surface area contributed by atoms with Crippen LogP contribution in [0.5, 0.6) is 5.75 Å². The molecule has 0 radical (unpaired) electrons. The van der Waals surface area contributed by atoms with E-state index in [0.29, 0.717) is 41.3 Å². The Morgan fingerprint density at radius 1 is 1.07 bits per heavy atom. The number of hydrogen-bond acceptors (Lipinski definition) is 10. The summed E-state index contributed by atoms with van der Waals surface area (Å²) in [5, 5.41) is 2.44. The van der Waals surface area contributed by atoms with E-state index in [1.54, 1.807) is 13.3 Å². The summed E-state index contributed by atoms with van der Waals surface area (Å²) in [5.41, 5.74) is 2.51. The van der Waals surface area contributed by atoms with Gasteiger partial charge in [-0.25, -0.2) is 23.2 Å². The molecule has 2 atom stereocenters. The van der Waals surface area contributed by atoms with Gasteiger partial charge in [-0.3, -0.25) is 9.88 Å². The minimum Gasteiger partial charge on any atom is -0.468 e. The molecule has 2 bridgehead atoms. The number of methoxy groups -OCH3 is 1. The van der Waals surface area contributed by atoms with Gasteiger partial charge < -0.3 is 19.1 Å². The monoisotopic (exact) mass is 633 g/mol. The number of pyridine rings is 1. The molecule has 4 heterocycles. The van der Waals surface area contributed by atoms with E-state index >= 15 is 0 Å². The van der Waals surface area contributed by atoms with Crippen LogP contribution >= 0.6 is 0 Å². The second kappa shape index (κ2) is 11.7. The minimum atomic E-state index is -3.74. The average Bonchev–Trinajstić information content (AvgIpc) is 3.26. The summed E-state index contributed by atoms with van der Waals surface area (Å²) in [6, 6.07) is 11.7. The molecule has 0 spiro atoms. The minimum absolute atomic E-state index is 0.0776. The van der Waals surface area contributed by atoms with Crippen LogP contribution in [0.25, 0.3) is 32.9 Å². The van der Waals surface area contributed by atoms with Crippen LogP contribution in [-0.4, -0.2) is 85.3 Å². The van der Waals surface area contributed by atoms with Crippen LogP contribution in [0.2, 0.25) is 0 Å². The smallest absolute Gasteiger partial charge is 0.410 e. The molecule has 2 aliphatic heterocycles. The van der Waals surface area contributed by atoms with Crippen LogP contribution in [0.15, 0.2) is 47.8 Å². The van der Waals surface area contributed by atoms with Crippen LogP contribution < -0.4 is 9.64 Å². The highest BCUT2D eigenvalue weighted by Crippen LogP contribution is 2.39. The van der Waals surface area contributed by atoms with Crippen LogP contribution in [0, 0.1) is 0 Å². The number of amides is 1. The summed E-state index contributed by atoms with van der Waals surface area (Å²) in [6.45, 7) is 8.78. The third-order valence-corrected chi connectivity index (χ3v) is 9.14. The maximum atomic E-state index is 13.1. The maximum Gasteiger partial charge on any atom is 0.410 e. The molecule has 2 saturated heterocycles. The Labute approximate surface area is 263 Å². The molecule has 0 N–H and O–H groups in total. The highest BCUT2D eigenvalue weighted by Gasteiger charge is 2.45. The van der Waals surface area contributed by atoms with Crippen molar-refractivity contribution in [3.8, 4) is 17.0 Å². The van der Waals surface area contributed by atoms with Gasteiger partial charge in [-0.2, -0.15) is 0 Å². The number of fused-ring (bicyclic) bond motifs is 4. The highest BCUT2D eigenvalue weighted by molar-refractivity contribution is 7.90. The zero-order valence-corrected chi connectivity index (χ0v) is 27.3. The number of ether oxygens (including phenoxy) is 3. The number of aromatic nitrogens is 3. The second-order valence-electron chi connectivity index (χ2n) is 12.8. The summed E-state index contributed by atoms with van der Waals surface area (Å²) in [7, 11) is -2.17. The Kier molecular flexibility index (Phi) is 8.07. The van der Waals surface area contributed by atoms with E-state index < -0.39 is 15.4 Å². The summed E-state index contributed by atoms with van der Waals surface area (Å²) >= 11 is 0. The zero-order chi connectivity index (χ0) is 32.1. The number of anilines is 1. The summed E-state index contributed by atoms with van der Waals surface area (Å²) in [6.07, 6.45) is 5.00. The molecular weight excluding hydrogens is 594 g/mol. The molecule has 2 fully saturated rings. The zero-order valence-electron chi connectivity index (χ0n) is 26.5. The van der Waals surface area contributed by atoms with Gasteiger partial charge in [0.15, 0.2) is 6.79 Å². The lowest BCUT2D eigenvalue weighted by molar-refractivity contribution is 0.0123. The van der Waals surface area contributed by atoms with Gasteiger partial charge in [0.25, 0.3) is 0 Å². The van der Waals surface area contributed by atoms with Crippen molar-refractivity contribution in [1.82, 2.24) is 19.9 Å². The molecule has 12 heteroatoms. The number of piperazine rings is 1. The Balaban J connectivity index is 1.45. The topological polar surface area (TPSA) is 124 Å². The maximum absolute atomic E-state index is 13.1. The Bertz CT molecular complexity index is 1880. The third-order valence-electron chi connectivity index (χ3n) is 8.30. The van der Waals surface area contributed by atoms with Gasteiger partial charge in [-0.15, -0.1) is 0 Å². The van der Waals surface area contributed by atoms with E-state index in [1.807, 2.05) is 56.0 Å². The van der Waals surface area contributed by atoms with Gasteiger partial charge in [0.1, 0.15) is 17.2 Å². The van der Waals surface area contributed by atoms with Crippen molar-refractivity contribution in [2.24, 2.45) is 0 Å². The van der Waals surface area contributed by atoms with E-state index in [-0.39, 0.29) is 30.1 Å². The van der Waals surface area contributed by atoms with Crippen molar-refractivity contribution in [3.63, 3.8) is 0 Å². The number of carbonyl (C=O) groups excluding carboxylic acids is 1. The average molecular weight is 634 g/mol. The Hall–Kier alpha value is -4.03. The van der Waals surface area contributed by atoms with Crippen molar-refractivity contribution in [1.29, 1.82) is 0 Å². The van der Waals surface area contributed by atoms with E-state index in [4.69, 9.17) is 19.2 Å². The molecule has 11 nitrogen and oxygen atoms in total. The normalized spacial score (nSPS) is 18.5. The van der Waals surface area contributed by atoms with Gasteiger partial charge in [0.05, 0.1) is 28.7 Å². The Morgan fingerprint density at radius 3 is 2.44 bits per heavy atom. The fourth-order valence-corrected chi connectivity index (χ4v) is 6.93. The summed E-state index contributed by atoms with van der Waals surface area (Å²) in [5.74, 6) is 1.13. The molecule has 2 aromatic heterocycles. The van der Waals surface area contributed by atoms with Crippen molar-refractivity contribution in [3.05, 3.63) is 48.2 Å². The molecule has 6 rings (SSSR count). The van der Waals surface area contributed by atoms with Crippen LogP contribution in [0.4, 0.5) is 10.6 Å². The van der Waals surface area contributed by atoms with E-state index in [2.05, 4.69) is 27.9 Å². The van der Waals surface area contributed by atoms with Crippen LogP contribution in [0.3, 0.4) is 0 Å². The first-order chi connectivity index (χ1) is 21.4. The molecule has 238 valence electrons. The molecule has 45 heavy (non-hydrogen) atoms. The molecule has 2 aromatic carbocycles. The lowest BCUT2D eigenvalue weighted by Crippen LogP contribution is -2.57. The lowest BCUT2D eigenvalue weighted by atomic mass is 9.95. The number of aryl methyl sites for hydroxylation is 1. The van der Waals surface area contributed by atoms with E-state index in [9.17, 15) is 13.2 Å². The van der Waals surface area contributed by atoms with Gasteiger partial charge in [-0.1, -0.05) is 25.1 Å². The fourth-order valence-electron chi connectivity index (χ4n) is 6.42. The SMILES string of the molecule is CCc1cccc2cc(OCOC)cc(-c3cc4nc(S(C)(=O)=O)nc(N5CC6CCC(C5)N6C(=O)OC(C)(C)C)c4cn3)c12. The number of nitrogens with zero attached hydrogens (tertiary/aromatic N) is 5. The van der Waals surface area contributed by atoms with Crippen molar-refractivity contribution < 1.29 is 27.4 Å². The van der Waals surface area contributed by atoms with Crippen molar-refractivity contribution in [2.75, 3.05) is 38.1 Å². The van der Waals surface area contributed by atoms with Crippen LogP contribution in [0.1, 0.15) is 46.1 Å². The molecule has 0 saturated carbocycles.